The summed E-state index contributed by atoms with van der Waals surface area (Å²) < 4.78 is 8.07. The third kappa shape index (κ3) is 2.94. The smallest absolute Gasteiger partial charge is 0.312 e. The van der Waals surface area contributed by atoms with Gasteiger partial charge in [-0.2, -0.15) is 5.10 Å². The van der Waals surface area contributed by atoms with Gasteiger partial charge in [-0.3, -0.25) is 4.79 Å². The highest BCUT2D eigenvalue weighted by Crippen LogP contribution is 2.37. The van der Waals surface area contributed by atoms with Crippen LogP contribution in [0.5, 0.6) is 0 Å². The van der Waals surface area contributed by atoms with Gasteiger partial charge in [0.2, 0.25) is 0 Å². The zero-order valence-corrected chi connectivity index (χ0v) is 13.8. The van der Waals surface area contributed by atoms with Gasteiger partial charge in [0.25, 0.3) is 0 Å². The van der Waals surface area contributed by atoms with E-state index < -0.39 is 0 Å². The number of esters is 1. The molecule has 0 bridgehead atoms. The van der Waals surface area contributed by atoms with Crippen molar-refractivity contribution in [3.8, 4) is 0 Å². The Hall–Kier alpha value is -1.08. The van der Waals surface area contributed by atoms with Gasteiger partial charge in [0.05, 0.1) is 29.2 Å². The number of fused-ring (bicyclic) bond motifs is 1. The first-order valence-corrected chi connectivity index (χ1v) is 8.37. The number of ether oxygens (including phenoxy) is 1. The summed E-state index contributed by atoms with van der Waals surface area (Å²) in [6, 6.07) is 0. The molecular weight excluding hydrogens is 336 g/mol. The molecule has 3 rings (SSSR count). The number of piperidine rings is 1. The fourth-order valence-corrected chi connectivity index (χ4v) is 3.77. The third-order valence-electron chi connectivity index (χ3n) is 4.17. The van der Waals surface area contributed by atoms with Crippen molar-refractivity contribution >= 4 is 27.7 Å². The van der Waals surface area contributed by atoms with Crippen LogP contribution in [0.15, 0.2) is 4.47 Å². The van der Waals surface area contributed by atoms with Gasteiger partial charge in [-0.05, 0) is 48.8 Å². The molecule has 2 aliphatic heterocycles. The Kier molecular flexibility index (Phi) is 4.49. The van der Waals surface area contributed by atoms with E-state index in [1.807, 2.05) is 11.6 Å². The van der Waals surface area contributed by atoms with Gasteiger partial charge < -0.3 is 15.4 Å². The number of hydrogen-bond acceptors (Lipinski definition) is 5. The highest BCUT2D eigenvalue weighted by atomic mass is 79.9. The van der Waals surface area contributed by atoms with Crippen molar-refractivity contribution < 1.29 is 9.53 Å². The number of carbonyl (C=O) groups excluding carboxylic acids is 1. The minimum atomic E-state index is -0.162. The van der Waals surface area contributed by atoms with Gasteiger partial charge in [0, 0.05) is 12.5 Å². The van der Waals surface area contributed by atoms with Crippen molar-refractivity contribution in [1.82, 2.24) is 15.1 Å². The van der Waals surface area contributed by atoms with Crippen molar-refractivity contribution in [2.24, 2.45) is 5.92 Å². The summed E-state index contributed by atoms with van der Waals surface area (Å²) in [6.45, 7) is 5.53. The molecule has 116 valence electrons. The monoisotopic (exact) mass is 356 g/mol. The van der Waals surface area contributed by atoms with Gasteiger partial charge in [0.15, 0.2) is 0 Å². The molecule has 21 heavy (non-hydrogen) atoms. The van der Waals surface area contributed by atoms with Crippen molar-refractivity contribution in [1.29, 1.82) is 0 Å². The number of rotatable bonds is 3. The Labute approximate surface area is 132 Å². The molecule has 1 saturated heterocycles. The first-order valence-electron chi connectivity index (χ1n) is 7.58. The Bertz CT molecular complexity index is 525. The molecule has 1 atom stereocenters. The van der Waals surface area contributed by atoms with Gasteiger partial charge in [0.1, 0.15) is 5.82 Å². The van der Waals surface area contributed by atoms with Crippen LogP contribution in [-0.2, 0) is 16.1 Å². The van der Waals surface area contributed by atoms with Crippen LogP contribution >= 0.6 is 15.9 Å². The largest absolute Gasteiger partial charge is 0.466 e. The summed E-state index contributed by atoms with van der Waals surface area (Å²) in [6.07, 6.45) is 2.21. The van der Waals surface area contributed by atoms with E-state index in [1.54, 1.807) is 0 Å². The zero-order chi connectivity index (χ0) is 14.8. The molecule has 6 nitrogen and oxygen atoms in total. The minimum Gasteiger partial charge on any atom is -0.466 e. The average Bonchev–Trinajstić information content (AvgIpc) is 2.85. The van der Waals surface area contributed by atoms with Crippen LogP contribution in [0.1, 0.15) is 31.4 Å². The predicted molar refractivity (Wildman–Crippen MR) is 83.4 cm³/mol. The van der Waals surface area contributed by atoms with Crippen LogP contribution in [0.3, 0.4) is 0 Å². The minimum absolute atomic E-state index is 0.148. The van der Waals surface area contributed by atoms with E-state index in [9.17, 15) is 4.79 Å². The maximum atomic E-state index is 11.9. The topological polar surface area (TPSA) is 68.2 Å². The first kappa shape index (κ1) is 14.8. The van der Waals surface area contributed by atoms with Crippen LogP contribution in [0.4, 0.5) is 5.82 Å². The molecule has 1 aromatic rings. The molecule has 0 spiro atoms. The Morgan fingerprint density at radius 2 is 2.24 bits per heavy atom. The molecule has 0 aliphatic carbocycles. The lowest BCUT2D eigenvalue weighted by Gasteiger charge is -2.23. The van der Waals surface area contributed by atoms with Crippen molar-refractivity contribution in [2.45, 2.75) is 32.2 Å². The van der Waals surface area contributed by atoms with E-state index in [-0.39, 0.29) is 11.9 Å². The predicted octanol–water partition coefficient (Wildman–Crippen LogP) is 1.72. The van der Waals surface area contributed by atoms with E-state index in [2.05, 4.69) is 26.6 Å². The summed E-state index contributed by atoms with van der Waals surface area (Å²) in [5, 5.41) is 11.4. The Balaban J connectivity index is 1.78. The summed E-state index contributed by atoms with van der Waals surface area (Å²) in [4.78, 5) is 11.9. The van der Waals surface area contributed by atoms with Crippen LogP contribution in [0.25, 0.3) is 0 Å². The number of carbonyl (C=O) groups is 1. The standard InChI is InChI=1S/C14H21BrN4O2/c1-2-21-14(20)10-7-17-13-11(15)12(18-19(13)8-10)9-3-5-16-6-4-9/h9-10,16-17H,2-8H2,1H3. The maximum Gasteiger partial charge on any atom is 0.312 e. The zero-order valence-electron chi connectivity index (χ0n) is 12.2. The van der Waals surface area contributed by atoms with Gasteiger partial charge in [-0.15, -0.1) is 0 Å². The summed E-state index contributed by atoms with van der Waals surface area (Å²) in [5.41, 5.74) is 1.11. The molecule has 2 aliphatic rings. The fourth-order valence-electron chi connectivity index (χ4n) is 3.03. The number of halogens is 1. The molecule has 0 saturated carbocycles. The quantitative estimate of drug-likeness (QED) is 0.807. The lowest BCUT2D eigenvalue weighted by molar-refractivity contribution is -0.148. The van der Waals surface area contributed by atoms with Gasteiger partial charge >= 0.3 is 5.97 Å². The molecule has 1 aromatic heterocycles. The van der Waals surface area contributed by atoms with E-state index in [1.165, 1.54) is 0 Å². The van der Waals surface area contributed by atoms with Crippen LogP contribution in [0.2, 0.25) is 0 Å². The van der Waals surface area contributed by atoms with Crippen molar-refractivity contribution in [2.75, 3.05) is 31.6 Å². The summed E-state index contributed by atoms with van der Waals surface area (Å²) in [5.74, 6) is 1.17. The lowest BCUT2D eigenvalue weighted by atomic mass is 9.95. The molecular formula is C14H21BrN4O2. The second kappa shape index (κ2) is 6.36. The number of anilines is 1. The lowest BCUT2D eigenvalue weighted by Crippen LogP contribution is -2.34. The normalized spacial score (nSPS) is 22.5. The molecule has 3 heterocycles. The van der Waals surface area contributed by atoms with E-state index >= 15 is 0 Å². The fraction of sp³-hybridized carbons (Fsp3) is 0.714. The second-order valence-electron chi connectivity index (χ2n) is 5.58. The van der Waals surface area contributed by atoms with E-state index in [0.717, 1.165) is 41.9 Å². The second-order valence-corrected chi connectivity index (χ2v) is 6.38. The molecule has 0 radical (unpaired) electrons. The number of nitrogens with one attached hydrogen (secondary N) is 2. The molecule has 0 amide bonds. The third-order valence-corrected chi connectivity index (χ3v) is 4.96. The summed E-state index contributed by atoms with van der Waals surface area (Å²) >= 11 is 3.68. The highest BCUT2D eigenvalue weighted by Gasteiger charge is 2.31. The average molecular weight is 357 g/mol. The summed E-state index contributed by atoms with van der Waals surface area (Å²) in [7, 11) is 0. The highest BCUT2D eigenvalue weighted by molar-refractivity contribution is 9.10. The van der Waals surface area contributed by atoms with Gasteiger partial charge in [-0.25, -0.2) is 4.68 Å². The van der Waals surface area contributed by atoms with Crippen LogP contribution in [0, 0.1) is 5.92 Å². The van der Waals surface area contributed by atoms with Crippen LogP contribution < -0.4 is 10.6 Å². The SMILES string of the molecule is CCOC(=O)C1CNc2c(Br)c(C3CCNCC3)nn2C1. The van der Waals surface area contributed by atoms with E-state index in [4.69, 9.17) is 9.84 Å². The number of hydrogen-bond donors (Lipinski definition) is 2. The molecule has 7 heteroatoms. The van der Waals surface area contributed by atoms with Crippen LogP contribution in [-0.4, -0.2) is 42.0 Å². The molecule has 2 N–H and O–H groups in total. The van der Waals surface area contributed by atoms with Crippen molar-refractivity contribution in [3.63, 3.8) is 0 Å². The number of nitrogens with zero attached hydrogens (tertiary/aromatic N) is 2. The molecule has 1 unspecified atom stereocenters. The van der Waals surface area contributed by atoms with Crippen molar-refractivity contribution in [3.05, 3.63) is 10.2 Å². The first-order chi connectivity index (χ1) is 10.2. The molecule has 0 aromatic carbocycles. The molecule has 1 fully saturated rings. The Morgan fingerprint density at radius 3 is 2.95 bits per heavy atom. The van der Waals surface area contributed by atoms with Gasteiger partial charge in [-0.1, -0.05) is 0 Å². The van der Waals surface area contributed by atoms with E-state index in [0.29, 0.717) is 25.6 Å². The number of aromatic nitrogens is 2. The maximum absolute atomic E-state index is 11.9. The Morgan fingerprint density at radius 1 is 1.48 bits per heavy atom.